The van der Waals surface area contributed by atoms with Crippen LogP contribution in [0.2, 0.25) is 5.02 Å². The summed E-state index contributed by atoms with van der Waals surface area (Å²) < 4.78 is 5.79. The lowest BCUT2D eigenvalue weighted by Gasteiger charge is -2.20. The first kappa shape index (κ1) is 14.6. The van der Waals surface area contributed by atoms with E-state index >= 15 is 0 Å². The minimum Gasteiger partial charge on any atom is -0.491 e. The number of benzene rings is 1. The van der Waals surface area contributed by atoms with E-state index in [1.807, 2.05) is 25.1 Å². The number of likely N-dealkylation sites (tertiary alicyclic amines) is 1. The maximum atomic E-state index is 6.11. The number of nitrogens with zero attached hydrogens (tertiary/aromatic N) is 2. The molecule has 1 aliphatic rings. The molecule has 0 bridgehead atoms. The van der Waals surface area contributed by atoms with Crippen molar-refractivity contribution in [1.29, 1.82) is 0 Å². The molecule has 0 unspecified atom stereocenters. The smallest absolute Gasteiger partial charge is 0.138 e. The van der Waals surface area contributed by atoms with Gasteiger partial charge in [-0.05, 0) is 51.7 Å². The highest BCUT2D eigenvalue weighted by molar-refractivity contribution is 6.32. The third kappa shape index (κ3) is 4.10. The Balaban J connectivity index is 1.77. The predicted molar refractivity (Wildman–Crippen MR) is 80.2 cm³/mol. The van der Waals surface area contributed by atoms with E-state index in [1.165, 1.54) is 12.0 Å². The highest BCUT2D eigenvalue weighted by Gasteiger charge is 2.23. The van der Waals surface area contributed by atoms with Crippen LogP contribution in [-0.4, -0.2) is 56.2 Å². The van der Waals surface area contributed by atoms with Crippen LogP contribution in [-0.2, 0) is 0 Å². The van der Waals surface area contributed by atoms with Crippen molar-refractivity contribution in [3.05, 3.63) is 28.8 Å². The molecule has 106 valence electrons. The molecular weight excluding hydrogens is 260 g/mol. The van der Waals surface area contributed by atoms with Gasteiger partial charge in [0, 0.05) is 19.1 Å². The minimum atomic E-state index is 0.683. The second-order valence-corrected chi connectivity index (χ2v) is 5.90. The summed E-state index contributed by atoms with van der Waals surface area (Å²) in [6.45, 7) is 6.01. The number of ether oxygens (including phenoxy) is 1. The van der Waals surface area contributed by atoms with Gasteiger partial charge < -0.3 is 9.64 Å². The van der Waals surface area contributed by atoms with Gasteiger partial charge in [-0.15, -0.1) is 0 Å². The summed E-state index contributed by atoms with van der Waals surface area (Å²) in [4.78, 5) is 4.76. The quantitative estimate of drug-likeness (QED) is 0.826. The summed E-state index contributed by atoms with van der Waals surface area (Å²) in [5.41, 5.74) is 1.17. The summed E-state index contributed by atoms with van der Waals surface area (Å²) in [7, 11) is 4.30. The summed E-state index contributed by atoms with van der Waals surface area (Å²) in [6, 6.07) is 6.57. The maximum Gasteiger partial charge on any atom is 0.138 e. The van der Waals surface area contributed by atoms with Gasteiger partial charge in [0.15, 0.2) is 0 Å². The van der Waals surface area contributed by atoms with Crippen LogP contribution in [0, 0.1) is 6.92 Å². The summed E-state index contributed by atoms with van der Waals surface area (Å²) in [6.07, 6.45) is 1.25. The van der Waals surface area contributed by atoms with E-state index in [0.717, 1.165) is 25.4 Å². The Morgan fingerprint density at radius 3 is 2.89 bits per heavy atom. The number of aryl methyl sites for hydroxylation is 1. The van der Waals surface area contributed by atoms with E-state index < -0.39 is 0 Å². The lowest BCUT2D eigenvalue weighted by molar-refractivity contribution is 0.221. The maximum absolute atomic E-state index is 6.11. The molecule has 0 aliphatic carbocycles. The zero-order valence-electron chi connectivity index (χ0n) is 12.0. The Morgan fingerprint density at radius 2 is 2.21 bits per heavy atom. The lowest BCUT2D eigenvalue weighted by atomic mass is 10.2. The third-order valence-corrected chi connectivity index (χ3v) is 4.04. The number of hydrogen-bond acceptors (Lipinski definition) is 3. The fourth-order valence-electron chi connectivity index (χ4n) is 2.44. The first-order chi connectivity index (χ1) is 9.06. The van der Waals surface area contributed by atoms with E-state index in [2.05, 4.69) is 23.9 Å². The van der Waals surface area contributed by atoms with Crippen LogP contribution in [0.3, 0.4) is 0 Å². The van der Waals surface area contributed by atoms with E-state index in [1.54, 1.807) is 0 Å². The molecule has 0 N–H and O–H groups in total. The highest BCUT2D eigenvalue weighted by atomic mass is 35.5. The highest BCUT2D eigenvalue weighted by Crippen LogP contribution is 2.25. The molecule has 3 nitrogen and oxygen atoms in total. The van der Waals surface area contributed by atoms with Crippen molar-refractivity contribution in [2.24, 2.45) is 0 Å². The van der Waals surface area contributed by atoms with Crippen LogP contribution in [0.1, 0.15) is 12.0 Å². The molecule has 0 amide bonds. The molecule has 0 aromatic heterocycles. The zero-order valence-corrected chi connectivity index (χ0v) is 12.8. The van der Waals surface area contributed by atoms with Crippen LogP contribution in [0.25, 0.3) is 0 Å². The predicted octanol–water partition coefficient (Wildman–Crippen LogP) is 2.66. The van der Waals surface area contributed by atoms with Gasteiger partial charge in [-0.1, -0.05) is 17.7 Å². The molecule has 1 atom stereocenters. The van der Waals surface area contributed by atoms with Crippen LogP contribution in [0.5, 0.6) is 5.75 Å². The molecule has 1 saturated heterocycles. The number of hydrogen-bond donors (Lipinski definition) is 0. The Hall–Kier alpha value is -0.770. The van der Waals surface area contributed by atoms with Gasteiger partial charge >= 0.3 is 0 Å². The number of rotatable bonds is 5. The molecular formula is C15H23ClN2O. The SMILES string of the molecule is Cc1ccc(Cl)c(OCCN2CC[C@H](N(C)C)C2)c1. The van der Waals surface area contributed by atoms with E-state index in [4.69, 9.17) is 16.3 Å². The summed E-state index contributed by atoms with van der Waals surface area (Å²) >= 11 is 6.11. The fourth-order valence-corrected chi connectivity index (χ4v) is 2.61. The Labute approximate surface area is 121 Å². The van der Waals surface area contributed by atoms with Crippen LogP contribution in [0.15, 0.2) is 18.2 Å². The van der Waals surface area contributed by atoms with Gasteiger partial charge in [0.2, 0.25) is 0 Å². The van der Waals surface area contributed by atoms with Gasteiger partial charge in [0.25, 0.3) is 0 Å². The van der Waals surface area contributed by atoms with Crippen molar-refractivity contribution in [2.75, 3.05) is 40.3 Å². The fraction of sp³-hybridized carbons (Fsp3) is 0.600. The topological polar surface area (TPSA) is 15.7 Å². The van der Waals surface area contributed by atoms with E-state index in [9.17, 15) is 0 Å². The molecule has 0 saturated carbocycles. The summed E-state index contributed by atoms with van der Waals surface area (Å²) in [5, 5.41) is 0.693. The Kier molecular flexibility index (Phi) is 5.08. The molecule has 2 rings (SSSR count). The van der Waals surface area contributed by atoms with Gasteiger partial charge in [0.05, 0.1) is 5.02 Å². The standard InChI is InChI=1S/C15H23ClN2O/c1-12-4-5-14(16)15(10-12)19-9-8-18-7-6-13(11-18)17(2)3/h4-5,10,13H,6-9,11H2,1-3H3/t13-/m0/s1. The van der Waals surface area contributed by atoms with Crippen molar-refractivity contribution >= 4 is 11.6 Å². The molecule has 19 heavy (non-hydrogen) atoms. The van der Waals surface area contributed by atoms with E-state index in [0.29, 0.717) is 17.7 Å². The number of halogens is 1. The molecule has 1 aliphatic heterocycles. The van der Waals surface area contributed by atoms with Gasteiger partial charge in [-0.2, -0.15) is 0 Å². The molecule has 1 aromatic rings. The molecule has 1 heterocycles. The average Bonchev–Trinajstić information content (AvgIpc) is 2.82. The zero-order chi connectivity index (χ0) is 13.8. The van der Waals surface area contributed by atoms with Gasteiger partial charge in [-0.25, -0.2) is 0 Å². The molecule has 4 heteroatoms. The van der Waals surface area contributed by atoms with Crippen molar-refractivity contribution < 1.29 is 4.74 Å². The van der Waals surface area contributed by atoms with Crippen molar-refractivity contribution in [2.45, 2.75) is 19.4 Å². The van der Waals surface area contributed by atoms with Crippen LogP contribution < -0.4 is 4.74 Å². The van der Waals surface area contributed by atoms with E-state index in [-0.39, 0.29) is 0 Å². The molecule has 0 radical (unpaired) electrons. The summed E-state index contributed by atoms with van der Waals surface area (Å²) in [5.74, 6) is 0.796. The monoisotopic (exact) mass is 282 g/mol. The minimum absolute atomic E-state index is 0.683. The second kappa shape index (κ2) is 6.60. The van der Waals surface area contributed by atoms with Gasteiger partial charge in [0.1, 0.15) is 12.4 Å². The average molecular weight is 283 g/mol. The first-order valence-corrected chi connectivity index (χ1v) is 7.22. The molecule has 0 spiro atoms. The Morgan fingerprint density at radius 1 is 1.42 bits per heavy atom. The Bertz CT molecular complexity index is 423. The largest absolute Gasteiger partial charge is 0.491 e. The first-order valence-electron chi connectivity index (χ1n) is 6.84. The van der Waals surface area contributed by atoms with Crippen LogP contribution >= 0.6 is 11.6 Å². The lowest BCUT2D eigenvalue weighted by Crippen LogP contribution is -2.33. The molecule has 1 aromatic carbocycles. The normalized spacial score (nSPS) is 20.2. The van der Waals surface area contributed by atoms with Crippen molar-refractivity contribution in [3.8, 4) is 5.75 Å². The van der Waals surface area contributed by atoms with Crippen molar-refractivity contribution in [1.82, 2.24) is 9.80 Å². The molecule has 1 fully saturated rings. The third-order valence-electron chi connectivity index (χ3n) is 3.73. The van der Waals surface area contributed by atoms with Crippen molar-refractivity contribution in [3.63, 3.8) is 0 Å². The number of likely N-dealkylation sites (N-methyl/N-ethyl adjacent to an activating group) is 1. The second-order valence-electron chi connectivity index (χ2n) is 5.49. The van der Waals surface area contributed by atoms with Crippen LogP contribution in [0.4, 0.5) is 0 Å². The van der Waals surface area contributed by atoms with Gasteiger partial charge in [-0.3, -0.25) is 4.90 Å².